The van der Waals surface area contributed by atoms with E-state index in [1.165, 1.54) is 12.4 Å². The van der Waals surface area contributed by atoms with E-state index in [2.05, 4.69) is 15.0 Å². The van der Waals surface area contributed by atoms with Crippen LogP contribution in [-0.4, -0.2) is 52.1 Å². The van der Waals surface area contributed by atoms with Crippen LogP contribution in [0.25, 0.3) is 0 Å². The predicted molar refractivity (Wildman–Crippen MR) is 90.0 cm³/mol. The lowest BCUT2D eigenvalue weighted by Gasteiger charge is -2.23. The molecular formula is C16H20N4O3S. The Kier molecular flexibility index (Phi) is 5.37. The van der Waals surface area contributed by atoms with Crippen LogP contribution in [0.2, 0.25) is 0 Å². The molecule has 1 fully saturated rings. The van der Waals surface area contributed by atoms with E-state index in [1.54, 1.807) is 11.3 Å². The fraction of sp³-hybridized carbons (Fsp3) is 0.500. The van der Waals surface area contributed by atoms with Gasteiger partial charge in [0.1, 0.15) is 0 Å². The van der Waals surface area contributed by atoms with Crippen molar-refractivity contribution < 1.29 is 9.53 Å². The molecule has 7 nitrogen and oxygen atoms in total. The molecule has 0 radical (unpaired) electrons. The van der Waals surface area contributed by atoms with Crippen LogP contribution in [0.15, 0.2) is 22.6 Å². The van der Waals surface area contributed by atoms with Crippen LogP contribution < -0.4 is 5.56 Å². The molecule has 0 spiro atoms. The van der Waals surface area contributed by atoms with Crippen LogP contribution in [0.3, 0.4) is 0 Å². The van der Waals surface area contributed by atoms with E-state index >= 15 is 0 Å². The minimum absolute atomic E-state index is 0.0645. The maximum absolute atomic E-state index is 12.5. The van der Waals surface area contributed by atoms with Crippen molar-refractivity contribution >= 4 is 17.2 Å². The highest BCUT2D eigenvalue weighted by atomic mass is 32.1. The maximum atomic E-state index is 12.5. The van der Waals surface area contributed by atoms with Gasteiger partial charge >= 0.3 is 0 Å². The topological polar surface area (TPSA) is 88.2 Å². The summed E-state index contributed by atoms with van der Waals surface area (Å²) < 4.78 is 5.62. The molecule has 3 heterocycles. The molecule has 1 atom stereocenters. The minimum Gasteiger partial charge on any atom is -0.379 e. The molecule has 128 valence electrons. The number of carbonyl (C=O) groups excluding carboxylic acids is 1. The molecule has 3 rings (SSSR count). The number of nitrogens with zero attached hydrogens (tertiary/aromatic N) is 3. The number of nitrogens with one attached hydrogen (secondary N) is 1. The number of aryl methyl sites for hydroxylation is 1. The van der Waals surface area contributed by atoms with Gasteiger partial charge in [-0.2, -0.15) is 0 Å². The Hall–Kier alpha value is -2.06. The molecule has 1 aliphatic heterocycles. The van der Waals surface area contributed by atoms with Crippen LogP contribution in [0, 0.1) is 12.8 Å². The summed E-state index contributed by atoms with van der Waals surface area (Å²) in [7, 11) is 0. The molecule has 1 amide bonds. The summed E-state index contributed by atoms with van der Waals surface area (Å²) in [5.74, 6) is 0.192. The Morgan fingerprint density at radius 1 is 1.50 bits per heavy atom. The standard InChI is InChI=1S/C16H20N4O3S/c1-11-19-14(9-24-11)6-16(22)20-2-3-23-8-12(7-20)4-13-5-15(21)18-10-17-13/h5,9-10,12H,2-4,6-8H2,1H3,(H,17,18,21)/t12-/m0/s1. The van der Waals surface area contributed by atoms with E-state index < -0.39 is 0 Å². The molecular weight excluding hydrogens is 328 g/mol. The highest BCUT2D eigenvalue weighted by Crippen LogP contribution is 2.14. The summed E-state index contributed by atoms with van der Waals surface area (Å²) in [5, 5.41) is 2.90. The second-order valence-electron chi connectivity index (χ2n) is 5.92. The third-order valence-corrected chi connectivity index (χ3v) is 4.74. The first-order valence-electron chi connectivity index (χ1n) is 7.90. The largest absolute Gasteiger partial charge is 0.379 e. The molecule has 1 saturated heterocycles. The number of rotatable bonds is 4. The summed E-state index contributed by atoms with van der Waals surface area (Å²) in [4.78, 5) is 36.8. The number of aromatic nitrogens is 3. The first kappa shape index (κ1) is 16.8. The molecule has 0 bridgehead atoms. The summed E-state index contributed by atoms with van der Waals surface area (Å²) in [6.07, 6.45) is 2.34. The summed E-state index contributed by atoms with van der Waals surface area (Å²) >= 11 is 1.55. The molecule has 2 aromatic heterocycles. The van der Waals surface area contributed by atoms with Gasteiger partial charge in [-0.3, -0.25) is 9.59 Å². The third kappa shape index (κ3) is 4.48. The zero-order valence-electron chi connectivity index (χ0n) is 13.5. The highest BCUT2D eigenvalue weighted by Gasteiger charge is 2.23. The van der Waals surface area contributed by atoms with Crippen molar-refractivity contribution in [3.05, 3.63) is 44.5 Å². The monoisotopic (exact) mass is 348 g/mol. The number of amides is 1. The molecule has 2 aromatic rings. The Balaban J connectivity index is 1.63. The van der Waals surface area contributed by atoms with Gasteiger partial charge in [0.05, 0.1) is 36.7 Å². The van der Waals surface area contributed by atoms with Gasteiger partial charge in [-0.05, 0) is 13.3 Å². The van der Waals surface area contributed by atoms with Crippen LogP contribution in [-0.2, 0) is 22.4 Å². The maximum Gasteiger partial charge on any atom is 0.250 e. The van der Waals surface area contributed by atoms with Gasteiger partial charge in [-0.15, -0.1) is 11.3 Å². The van der Waals surface area contributed by atoms with Gasteiger partial charge in [0.2, 0.25) is 5.91 Å². The Bertz CT molecular complexity index is 758. The third-order valence-electron chi connectivity index (χ3n) is 3.92. The SMILES string of the molecule is Cc1nc(CC(=O)N2CCOC[C@@H](Cc3cc(=O)[nH]cn3)C2)cs1. The van der Waals surface area contributed by atoms with Crippen molar-refractivity contribution in [3.8, 4) is 0 Å². The van der Waals surface area contributed by atoms with Gasteiger partial charge in [0.25, 0.3) is 5.56 Å². The van der Waals surface area contributed by atoms with E-state index in [1.807, 2.05) is 17.2 Å². The highest BCUT2D eigenvalue weighted by molar-refractivity contribution is 7.09. The summed E-state index contributed by atoms with van der Waals surface area (Å²) in [5.41, 5.74) is 1.37. The van der Waals surface area contributed by atoms with Crippen molar-refractivity contribution in [2.24, 2.45) is 5.92 Å². The molecule has 24 heavy (non-hydrogen) atoms. The second kappa shape index (κ2) is 7.67. The van der Waals surface area contributed by atoms with Gasteiger partial charge in [0, 0.05) is 36.1 Å². The molecule has 0 aliphatic carbocycles. The Labute approximate surface area is 143 Å². The van der Waals surface area contributed by atoms with E-state index in [-0.39, 0.29) is 17.4 Å². The number of carbonyl (C=O) groups is 1. The van der Waals surface area contributed by atoms with Crippen molar-refractivity contribution in [1.29, 1.82) is 0 Å². The molecule has 8 heteroatoms. The quantitative estimate of drug-likeness (QED) is 0.883. The number of H-pyrrole nitrogens is 1. The summed E-state index contributed by atoms with van der Waals surface area (Å²) in [6.45, 7) is 4.22. The smallest absolute Gasteiger partial charge is 0.250 e. The minimum atomic E-state index is -0.165. The number of hydrogen-bond acceptors (Lipinski definition) is 6. The van der Waals surface area contributed by atoms with Gasteiger partial charge < -0.3 is 14.6 Å². The molecule has 0 aromatic carbocycles. The van der Waals surface area contributed by atoms with Gasteiger partial charge in [-0.1, -0.05) is 0 Å². The lowest BCUT2D eigenvalue weighted by Crippen LogP contribution is -2.37. The number of thiazole rings is 1. The van der Waals surface area contributed by atoms with Crippen molar-refractivity contribution in [3.63, 3.8) is 0 Å². The molecule has 1 aliphatic rings. The Morgan fingerprint density at radius 2 is 2.38 bits per heavy atom. The van der Waals surface area contributed by atoms with Gasteiger partial charge in [-0.25, -0.2) is 9.97 Å². The number of ether oxygens (including phenoxy) is 1. The van der Waals surface area contributed by atoms with Crippen molar-refractivity contribution in [2.75, 3.05) is 26.3 Å². The van der Waals surface area contributed by atoms with Crippen molar-refractivity contribution in [2.45, 2.75) is 19.8 Å². The van der Waals surface area contributed by atoms with Crippen LogP contribution in [0.5, 0.6) is 0 Å². The van der Waals surface area contributed by atoms with Crippen LogP contribution >= 0.6 is 11.3 Å². The van der Waals surface area contributed by atoms with E-state index in [0.29, 0.717) is 39.1 Å². The predicted octanol–water partition coefficient (Wildman–Crippen LogP) is 0.795. The van der Waals surface area contributed by atoms with E-state index in [0.717, 1.165) is 16.4 Å². The average Bonchev–Trinajstić information content (AvgIpc) is 2.81. The molecule has 0 saturated carbocycles. The first-order valence-corrected chi connectivity index (χ1v) is 8.78. The second-order valence-corrected chi connectivity index (χ2v) is 6.98. The van der Waals surface area contributed by atoms with Gasteiger partial charge in [0.15, 0.2) is 0 Å². The first-order chi connectivity index (χ1) is 11.6. The summed E-state index contributed by atoms with van der Waals surface area (Å²) in [6, 6.07) is 1.50. The average molecular weight is 348 g/mol. The van der Waals surface area contributed by atoms with Crippen LogP contribution in [0.4, 0.5) is 0 Å². The normalized spacial score (nSPS) is 18.4. The van der Waals surface area contributed by atoms with E-state index in [4.69, 9.17) is 4.74 Å². The zero-order valence-corrected chi connectivity index (χ0v) is 14.3. The lowest BCUT2D eigenvalue weighted by molar-refractivity contribution is -0.130. The molecule has 0 unspecified atom stereocenters. The zero-order chi connectivity index (χ0) is 16.9. The van der Waals surface area contributed by atoms with Crippen molar-refractivity contribution in [1.82, 2.24) is 19.9 Å². The lowest BCUT2D eigenvalue weighted by atomic mass is 10.0. The molecule has 1 N–H and O–H groups in total. The Morgan fingerprint density at radius 3 is 3.12 bits per heavy atom. The van der Waals surface area contributed by atoms with Crippen LogP contribution in [0.1, 0.15) is 16.4 Å². The number of hydrogen-bond donors (Lipinski definition) is 1. The fourth-order valence-corrected chi connectivity index (χ4v) is 3.42. The fourth-order valence-electron chi connectivity index (χ4n) is 2.80. The van der Waals surface area contributed by atoms with E-state index in [9.17, 15) is 9.59 Å². The number of aromatic amines is 1.